The summed E-state index contributed by atoms with van der Waals surface area (Å²) < 4.78 is 0. The number of para-hydroxylation sites is 1. The molecule has 6 N–H and O–H groups in total. The lowest BCUT2D eigenvalue weighted by atomic mass is 10.1. The Morgan fingerprint density at radius 1 is 1.06 bits per heavy atom. The molecule has 0 aliphatic heterocycles. The van der Waals surface area contributed by atoms with Gasteiger partial charge in [-0.2, -0.15) is 0 Å². The van der Waals surface area contributed by atoms with E-state index in [9.17, 15) is 9.90 Å². The van der Waals surface area contributed by atoms with Crippen LogP contribution in [0, 0.1) is 0 Å². The molecule has 2 rings (SSSR count). The van der Waals surface area contributed by atoms with Gasteiger partial charge in [0.2, 0.25) is 0 Å². The standard InChI is InChI=1S/C13H13N3O2/c14-10-7-6-9(12(17)11(10)15)13(18)16-8-4-2-1-3-5-8/h1-7,17H,14-15H2,(H,16,18). The third-order valence-electron chi connectivity index (χ3n) is 2.53. The molecule has 0 heterocycles. The first kappa shape index (κ1) is 11.8. The van der Waals surface area contributed by atoms with Crippen molar-refractivity contribution in [3.63, 3.8) is 0 Å². The normalized spacial score (nSPS) is 10.0. The number of nitrogens with two attached hydrogens (primary N) is 2. The summed E-state index contributed by atoms with van der Waals surface area (Å²) in [6, 6.07) is 11.8. The maximum absolute atomic E-state index is 11.9. The minimum absolute atomic E-state index is 0.00992. The van der Waals surface area contributed by atoms with Gasteiger partial charge in [0.05, 0.1) is 16.9 Å². The van der Waals surface area contributed by atoms with Crippen molar-refractivity contribution in [2.75, 3.05) is 16.8 Å². The topological polar surface area (TPSA) is 101 Å². The highest BCUT2D eigenvalue weighted by Crippen LogP contribution is 2.30. The second-order valence-corrected chi connectivity index (χ2v) is 3.78. The van der Waals surface area contributed by atoms with Gasteiger partial charge >= 0.3 is 0 Å². The van der Waals surface area contributed by atoms with Crippen molar-refractivity contribution in [2.45, 2.75) is 0 Å². The van der Waals surface area contributed by atoms with E-state index in [1.54, 1.807) is 24.3 Å². The minimum Gasteiger partial charge on any atom is -0.505 e. The molecule has 2 aromatic rings. The second kappa shape index (κ2) is 4.67. The number of nitrogens with one attached hydrogen (secondary N) is 1. The fraction of sp³-hybridized carbons (Fsp3) is 0. The molecule has 2 aromatic carbocycles. The molecule has 0 radical (unpaired) electrons. The van der Waals surface area contributed by atoms with E-state index in [0.717, 1.165) is 0 Å². The van der Waals surface area contributed by atoms with Gasteiger partial charge in [0, 0.05) is 5.69 Å². The molecule has 5 heteroatoms. The average molecular weight is 243 g/mol. The maximum Gasteiger partial charge on any atom is 0.259 e. The van der Waals surface area contributed by atoms with E-state index in [1.807, 2.05) is 6.07 Å². The lowest BCUT2D eigenvalue weighted by molar-refractivity contribution is 0.102. The van der Waals surface area contributed by atoms with Crippen molar-refractivity contribution < 1.29 is 9.90 Å². The smallest absolute Gasteiger partial charge is 0.259 e. The van der Waals surface area contributed by atoms with Gasteiger partial charge in [0.25, 0.3) is 5.91 Å². The van der Waals surface area contributed by atoms with Crippen LogP contribution in [0.2, 0.25) is 0 Å². The van der Waals surface area contributed by atoms with E-state index in [-0.39, 0.29) is 22.7 Å². The van der Waals surface area contributed by atoms with Crippen molar-refractivity contribution in [2.24, 2.45) is 0 Å². The number of phenolic OH excluding ortho intramolecular Hbond substituents is 1. The molecule has 0 aliphatic carbocycles. The number of benzene rings is 2. The molecular formula is C13H13N3O2. The molecule has 18 heavy (non-hydrogen) atoms. The molecule has 0 unspecified atom stereocenters. The number of phenols is 1. The molecule has 0 aromatic heterocycles. The van der Waals surface area contributed by atoms with Gasteiger partial charge in [-0.15, -0.1) is 0 Å². The first-order chi connectivity index (χ1) is 8.59. The largest absolute Gasteiger partial charge is 0.505 e. The van der Waals surface area contributed by atoms with Gasteiger partial charge in [-0.25, -0.2) is 0 Å². The average Bonchev–Trinajstić information content (AvgIpc) is 2.37. The van der Waals surface area contributed by atoms with E-state index in [0.29, 0.717) is 5.69 Å². The summed E-state index contributed by atoms with van der Waals surface area (Å²) in [6.07, 6.45) is 0. The van der Waals surface area contributed by atoms with Gasteiger partial charge < -0.3 is 21.9 Å². The van der Waals surface area contributed by atoms with Crippen LogP contribution in [0.4, 0.5) is 17.1 Å². The van der Waals surface area contributed by atoms with Crippen LogP contribution in [0.3, 0.4) is 0 Å². The van der Waals surface area contributed by atoms with E-state index >= 15 is 0 Å². The van der Waals surface area contributed by atoms with Gasteiger partial charge in [0.15, 0.2) is 5.75 Å². The molecule has 1 amide bonds. The molecule has 0 spiro atoms. The Hall–Kier alpha value is -2.69. The molecule has 0 saturated heterocycles. The Balaban J connectivity index is 2.28. The number of carbonyl (C=O) groups is 1. The first-order valence-electron chi connectivity index (χ1n) is 5.33. The number of carbonyl (C=O) groups excluding carboxylic acids is 1. The Kier molecular flexibility index (Phi) is 3.05. The summed E-state index contributed by atoms with van der Waals surface area (Å²) in [7, 11) is 0. The number of nitrogen functional groups attached to an aromatic ring is 2. The summed E-state index contributed by atoms with van der Waals surface area (Å²) in [5, 5.41) is 12.4. The molecule has 0 saturated carbocycles. The number of amides is 1. The second-order valence-electron chi connectivity index (χ2n) is 3.78. The third-order valence-corrected chi connectivity index (χ3v) is 2.53. The fourth-order valence-electron chi connectivity index (χ4n) is 1.53. The Morgan fingerprint density at radius 3 is 2.39 bits per heavy atom. The highest BCUT2D eigenvalue weighted by Gasteiger charge is 2.14. The van der Waals surface area contributed by atoms with Gasteiger partial charge in [-0.1, -0.05) is 18.2 Å². The SMILES string of the molecule is Nc1ccc(C(=O)Nc2ccccc2)c(O)c1N. The molecule has 0 fully saturated rings. The fourth-order valence-corrected chi connectivity index (χ4v) is 1.53. The van der Waals surface area contributed by atoms with Gasteiger partial charge in [0.1, 0.15) is 0 Å². The number of rotatable bonds is 2. The number of anilines is 3. The van der Waals surface area contributed by atoms with E-state index in [4.69, 9.17) is 11.5 Å². The van der Waals surface area contributed by atoms with Crippen molar-refractivity contribution in [3.05, 3.63) is 48.0 Å². The van der Waals surface area contributed by atoms with Crippen LogP contribution in [-0.4, -0.2) is 11.0 Å². The third kappa shape index (κ3) is 2.20. The summed E-state index contributed by atoms with van der Waals surface area (Å²) >= 11 is 0. The van der Waals surface area contributed by atoms with Crippen LogP contribution >= 0.6 is 0 Å². The van der Waals surface area contributed by atoms with Crippen LogP contribution in [0.15, 0.2) is 42.5 Å². The number of aromatic hydroxyl groups is 1. The molecule has 5 nitrogen and oxygen atoms in total. The van der Waals surface area contributed by atoms with E-state index in [1.165, 1.54) is 12.1 Å². The predicted octanol–water partition coefficient (Wildman–Crippen LogP) is 1.81. The molecule has 0 atom stereocenters. The number of hydrogen-bond donors (Lipinski definition) is 4. The maximum atomic E-state index is 11.9. The summed E-state index contributed by atoms with van der Waals surface area (Å²) in [4.78, 5) is 11.9. The minimum atomic E-state index is -0.439. The van der Waals surface area contributed by atoms with Crippen LogP contribution in [0.25, 0.3) is 0 Å². The van der Waals surface area contributed by atoms with Crippen LogP contribution in [-0.2, 0) is 0 Å². The highest BCUT2D eigenvalue weighted by atomic mass is 16.3. The lowest BCUT2D eigenvalue weighted by Crippen LogP contribution is -2.13. The zero-order valence-corrected chi connectivity index (χ0v) is 9.55. The Morgan fingerprint density at radius 2 is 1.72 bits per heavy atom. The Bertz CT molecular complexity index is 582. The summed E-state index contributed by atoms with van der Waals surface area (Å²) in [5.74, 6) is -0.742. The van der Waals surface area contributed by atoms with Crippen LogP contribution in [0.1, 0.15) is 10.4 Å². The lowest BCUT2D eigenvalue weighted by Gasteiger charge is -2.09. The predicted molar refractivity (Wildman–Crippen MR) is 71.3 cm³/mol. The van der Waals surface area contributed by atoms with Gasteiger partial charge in [-0.05, 0) is 24.3 Å². The van der Waals surface area contributed by atoms with Crippen LogP contribution < -0.4 is 16.8 Å². The quantitative estimate of drug-likeness (QED) is 0.477. The van der Waals surface area contributed by atoms with E-state index in [2.05, 4.69) is 5.32 Å². The zero-order chi connectivity index (χ0) is 13.1. The first-order valence-corrected chi connectivity index (χ1v) is 5.33. The zero-order valence-electron chi connectivity index (χ0n) is 9.55. The van der Waals surface area contributed by atoms with Crippen molar-refractivity contribution in [1.29, 1.82) is 0 Å². The monoisotopic (exact) mass is 243 g/mol. The molecule has 0 bridgehead atoms. The summed E-state index contributed by atoms with van der Waals surface area (Å²) in [6.45, 7) is 0. The van der Waals surface area contributed by atoms with E-state index < -0.39 is 5.91 Å². The van der Waals surface area contributed by atoms with Crippen LogP contribution in [0.5, 0.6) is 5.75 Å². The van der Waals surface area contributed by atoms with Crippen molar-refractivity contribution in [1.82, 2.24) is 0 Å². The Labute approximate surface area is 104 Å². The molecule has 92 valence electrons. The summed E-state index contributed by atoms with van der Waals surface area (Å²) in [5.41, 5.74) is 12.1. The highest BCUT2D eigenvalue weighted by molar-refractivity contribution is 6.07. The molecule has 0 aliphatic rings. The number of hydrogen-bond acceptors (Lipinski definition) is 4. The van der Waals surface area contributed by atoms with Gasteiger partial charge in [-0.3, -0.25) is 4.79 Å². The molecular weight excluding hydrogens is 230 g/mol. The van der Waals surface area contributed by atoms with Crippen molar-refractivity contribution in [3.8, 4) is 5.75 Å². The van der Waals surface area contributed by atoms with Crippen molar-refractivity contribution >= 4 is 23.0 Å².